The molecule has 0 saturated carbocycles. The Kier molecular flexibility index (Phi) is 5.24. The molecule has 1 unspecified atom stereocenters. The number of nitrogens with zero attached hydrogens (tertiary/aromatic N) is 3. The van der Waals surface area contributed by atoms with Gasteiger partial charge in [0, 0.05) is 6.54 Å². The maximum absolute atomic E-state index is 13.0. The molecule has 110 valence electrons. The number of rotatable bonds is 7. The van der Waals surface area contributed by atoms with E-state index in [-0.39, 0.29) is 5.82 Å². The molecule has 0 saturated heterocycles. The lowest BCUT2D eigenvalue weighted by Gasteiger charge is -2.20. The van der Waals surface area contributed by atoms with Gasteiger partial charge in [-0.1, -0.05) is 19.0 Å². The van der Waals surface area contributed by atoms with Crippen LogP contribution < -0.4 is 5.73 Å². The molecule has 9 heteroatoms. The van der Waals surface area contributed by atoms with Crippen LogP contribution in [-0.4, -0.2) is 41.1 Å². The molecule has 1 atom stereocenters. The molecule has 1 rings (SSSR count). The summed E-state index contributed by atoms with van der Waals surface area (Å²) in [4.78, 5) is 5.19. The lowest BCUT2D eigenvalue weighted by atomic mass is 10.2. The van der Waals surface area contributed by atoms with Crippen molar-refractivity contribution in [1.82, 2.24) is 15.0 Å². The Morgan fingerprint density at radius 2 is 1.89 bits per heavy atom. The number of hydrogen-bond acceptors (Lipinski definition) is 5. The van der Waals surface area contributed by atoms with Crippen LogP contribution in [0.25, 0.3) is 0 Å². The number of hydrogen-bond donors (Lipinski definition) is 1. The summed E-state index contributed by atoms with van der Waals surface area (Å²) in [5.74, 6) is -6.07. The minimum atomic E-state index is -4.46. The van der Waals surface area contributed by atoms with Gasteiger partial charge in [-0.2, -0.15) is 13.8 Å². The SMILES string of the molecule is CCN(CC)CC(N)c1noc(C(F)(F)C(F)F)n1. The standard InChI is InChI=1S/C10H16F4N4O/c1-3-18(4-2)5-6(15)7-16-9(19-17-7)10(13,14)8(11)12/h6,8H,3-5,15H2,1-2H3. The quantitative estimate of drug-likeness (QED) is 0.773. The Balaban J connectivity index is 2.79. The van der Waals surface area contributed by atoms with Crippen LogP contribution in [0, 0.1) is 0 Å². The molecule has 19 heavy (non-hydrogen) atoms. The van der Waals surface area contributed by atoms with Gasteiger partial charge < -0.3 is 15.2 Å². The van der Waals surface area contributed by atoms with Gasteiger partial charge in [0.05, 0.1) is 6.04 Å². The molecule has 2 N–H and O–H groups in total. The Morgan fingerprint density at radius 1 is 1.32 bits per heavy atom. The number of halogens is 4. The lowest BCUT2D eigenvalue weighted by molar-refractivity contribution is -0.152. The van der Waals surface area contributed by atoms with E-state index in [1.165, 1.54) is 0 Å². The molecule has 1 heterocycles. The van der Waals surface area contributed by atoms with E-state index >= 15 is 0 Å². The second kappa shape index (κ2) is 6.29. The van der Waals surface area contributed by atoms with Gasteiger partial charge in [-0.3, -0.25) is 0 Å². The molecule has 0 radical (unpaired) electrons. The van der Waals surface area contributed by atoms with Gasteiger partial charge in [0.15, 0.2) is 5.82 Å². The highest BCUT2D eigenvalue weighted by atomic mass is 19.3. The zero-order chi connectivity index (χ0) is 14.6. The van der Waals surface area contributed by atoms with Crippen molar-refractivity contribution >= 4 is 0 Å². The van der Waals surface area contributed by atoms with Crippen LogP contribution in [0.1, 0.15) is 31.6 Å². The van der Waals surface area contributed by atoms with Crippen molar-refractivity contribution in [2.45, 2.75) is 32.2 Å². The second-order valence-electron chi connectivity index (χ2n) is 3.97. The van der Waals surface area contributed by atoms with Crippen LogP contribution in [0.4, 0.5) is 17.6 Å². The van der Waals surface area contributed by atoms with E-state index in [0.29, 0.717) is 19.6 Å². The fraction of sp³-hybridized carbons (Fsp3) is 0.800. The maximum atomic E-state index is 13.0. The Hall–Kier alpha value is -1.22. The number of nitrogens with two attached hydrogens (primary N) is 1. The Labute approximate surface area is 107 Å². The number of likely N-dealkylation sites (N-methyl/N-ethyl adjacent to an activating group) is 1. The van der Waals surface area contributed by atoms with E-state index < -0.39 is 24.3 Å². The molecule has 1 aromatic heterocycles. The van der Waals surface area contributed by atoms with Gasteiger partial charge in [-0.05, 0) is 13.1 Å². The third-order valence-corrected chi connectivity index (χ3v) is 2.68. The zero-order valence-corrected chi connectivity index (χ0v) is 10.6. The fourth-order valence-electron chi connectivity index (χ4n) is 1.46. The van der Waals surface area contributed by atoms with Crippen LogP contribution in [-0.2, 0) is 5.92 Å². The van der Waals surface area contributed by atoms with Crippen LogP contribution in [0.15, 0.2) is 4.52 Å². The first-order chi connectivity index (χ1) is 8.82. The Bertz CT molecular complexity index is 395. The molecule has 5 nitrogen and oxygen atoms in total. The van der Waals surface area contributed by atoms with Gasteiger partial charge in [0.2, 0.25) is 0 Å². The summed E-state index contributed by atoms with van der Waals surface area (Å²) < 4.78 is 54.3. The van der Waals surface area contributed by atoms with Gasteiger partial charge in [-0.25, -0.2) is 8.78 Å². The van der Waals surface area contributed by atoms with Gasteiger partial charge in [0.25, 0.3) is 0 Å². The molecule has 0 aliphatic heterocycles. The second-order valence-corrected chi connectivity index (χ2v) is 3.97. The summed E-state index contributed by atoms with van der Waals surface area (Å²) >= 11 is 0. The molecule has 0 amide bonds. The maximum Gasteiger partial charge on any atom is 0.383 e. The third-order valence-electron chi connectivity index (χ3n) is 2.68. The fourth-order valence-corrected chi connectivity index (χ4v) is 1.46. The molecule has 0 spiro atoms. The molecule has 0 fully saturated rings. The highest BCUT2D eigenvalue weighted by Crippen LogP contribution is 2.33. The minimum absolute atomic E-state index is 0.206. The van der Waals surface area contributed by atoms with E-state index in [1.54, 1.807) is 0 Å². The smallest absolute Gasteiger partial charge is 0.332 e. The molecule has 0 bridgehead atoms. The van der Waals surface area contributed by atoms with E-state index in [2.05, 4.69) is 14.7 Å². The normalized spacial score (nSPS) is 14.4. The van der Waals surface area contributed by atoms with Gasteiger partial charge in [-0.15, -0.1) is 0 Å². The topological polar surface area (TPSA) is 68.2 Å². The number of alkyl halides is 4. The van der Waals surface area contributed by atoms with Crippen molar-refractivity contribution < 1.29 is 22.1 Å². The van der Waals surface area contributed by atoms with Crippen LogP contribution in [0.5, 0.6) is 0 Å². The van der Waals surface area contributed by atoms with E-state index in [1.807, 2.05) is 18.7 Å². The molecular weight excluding hydrogens is 268 g/mol. The average Bonchev–Trinajstić information content (AvgIpc) is 2.85. The largest absolute Gasteiger partial charge is 0.383 e. The summed E-state index contributed by atoms with van der Waals surface area (Å²) in [7, 11) is 0. The predicted octanol–water partition coefficient (Wildman–Crippen LogP) is 1.77. The van der Waals surface area contributed by atoms with Crippen molar-refractivity contribution in [3.63, 3.8) is 0 Å². The van der Waals surface area contributed by atoms with Crippen molar-refractivity contribution in [1.29, 1.82) is 0 Å². The molecular formula is C10H16F4N4O. The van der Waals surface area contributed by atoms with Crippen LogP contribution >= 0.6 is 0 Å². The van der Waals surface area contributed by atoms with Crippen LogP contribution in [0.2, 0.25) is 0 Å². The third kappa shape index (κ3) is 3.63. The molecule has 1 aromatic rings. The Morgan fingerprint density at radius 3 is 2.37 bits per heavy atom. The molecule has 0 aromatic carbocycles. The van der Waals surface area contributed by atoms with Crippen molar-refractivity contribution in [2.75, 3.05) is 19.6 Å². The van der Waals surface area contributed by atoms with Crippen LogP contribution in [0.3, 0.4) is 0 Å². The summed E-state index contributed by atoms with van der Waals surface area (Å²) in [5.41, 5.74) is 5.72. The van der Waals surface area contributed by atoms with Gasteiger partial charge in [0.1, 0.15) is 0 Å². The first-order valence-corrected chi connectivity index (χ1v) is 5.80. The lowest BCUT2D eigenvalue weighted by Crippen LogP contribution is -2.32. The first kappa shape index (κ1) is 15.8. The molecule has 0 aliphatic carbocycles. The van der Waals surface area contributed by atoms with Crippen molar-refractivity contribution in [2.24, 2.45) is 5.73 Å². The average molecular weight is 284 g/mol. The van der Waals surface area contributed by atoms with E-state index in [9.17, 15) is 17.6 Å². The highest BCUT2D eigenvalue weighted by Gasteiger charge is 2.48. The van der Waals surface area contributed by atoms with Gasteiger partial charge >= 0.3 is 18.2 Å². The van der Waals surface area contributed by atoms with Crippen molar-refractivity contribution in [3.8, 4) is 0 Å². The van der Waals surface area contributed by atoms with Crippen molar-refractivity contribution in [3.05, 3.63) is 11.7 Å². The molecule has 0 aliphatic rings. The number of aromatic nitrogens is 2. The summed E-state index contributed by atoms with van der Waals surface area (Å²) in [6.07, 6.45) is -3.90. The highest BCUT2D eigenvalue weighted by molar-refractivity contribution is 4.99. The van der Waals surface area contributed by atoms with E-state index in [0.717, 1.165) is 0 Å². The zero-order valence-electron chi connectivity index (χ0n) is 10.6. The van der Waals surface area contributed by atoms with E-state index in [4.69, 9.17) is 5.73 Å². The summed E-state index contributed by atoms with van der Waals surface area (Å²) in [5, 5.41) is 3.24. The monoisotopic (exact) mass is 284 g/mol. The summed E-state index contributed by atoms with van der Waals surface area (Å²) in [6.45, 7) is 5.56. The minimum Gasteiger partial charge on any atom is -0.332 e. The first-order valence-electron chi connectivity index (χ1n) is 5.80. The predicted molar refractivity (Wildman–Crippen MR) is 58.9 cm³/mol. The summed E-state index contributed by atoms with van der Waals surface area (Å²) in [6, 6.07) is -0.772.